The summed E-state index contributed by atoms with van der Waals surface area (Å²) in [5.41, 5.74) is 10.7. The Balaban J connectivity index is 1.42. The average molecular weight is 695 g/mol. The number of anilines is 6. The number of aryl methyl sites for hydroxylation is 2. The first-order valence-corrected chi connectivity index (χ1v) is 18.4. The number of ether oxygens (including phenoxy) is 2. The molecule has 0 aliphatic heterocycles. The van der Waals surface area contributed by atoms with E-state index in [1.807, 2.05) is 49.1 Å². The molecule has 262 valence electrons. The fourth-order valence-corrected chi connectivity index (χ4v) is 8.50. The van der Waals surface area contributed by atoms with E-state index in [1.54, 1.807) is 14.2 Å². The summed E-state index contributed by atoms with van der Waals surface area (Å²) in [5, 5.41) is 7.84. The van der Waals surface area contributed by atoms with Crippen molar-refractivity contribution >= 4 is 66.4 Å². The molecular weight excluding hydrogens is 653 g/mol. The third-order valence-electron chi connectivity index (χ3n) is 11.2. The molecule has 0 saturated carbocycles. The van der Waals surface area contributed by atoms with E-state index in [-0.39, 0.29) is 5.41 Å². The topological polar surface area (TPSA) is 50.7 Å². The first kappa shape index (κ1) is 32.7. The van der Waals surface area contributed by atoms with Crippen molar-refractivity contribution in [2.75, 3.05) is 24.0 Å². The lowest BCUT2D eigenvalue weighted by molar-refractivity contribution is 0.414. The van der Waals surface area contributed by atoms with Gasteiger partial charge in [-0.15, -0.1) is 0 Å². The van der Waals surface area contributed by atoms with Crippen LogP contribution in [-0.2, 0) is 18.3 Å². The Bertz CT molecular complexity index is 2590. The van der Waals surface area contributed by atoms with E-state index < -0.39 is 0 Å². The van der Waals surface area contributed by atoms with Gasteiger partial charge in [-0.3, -0.25) is 9.97 Å². The molecule has 0 atom stereocenters. The molecule has 0 unspecified atom stereocenters. The first-order valence-electron chi connectivity index (χ1n) is 18.4. The maximum atomic E-state index is 5.58. The first-order chi connectivity index (χ1) is 25.9. The van der Waals surface area contributed by atoms with E-state index in [0.717, 1.165) is 64.9 Å². The molecule has 53 heavy (non-hydrogen) atoms. The zero-order valence-electron chi connectivity index (χ0n) is 30.9. The van der Waals surface area contributed by atoms with Crippen molar-refractivity contribution < 1.29 is 9.47 Å². The molecule has 6 aromatic carbocycles. The minimum atomic E-state index is -0.00954. The van der Waals surface area contributed by atoms with Gasteiger partial charge >= 0.3 is 0 Å². The second-order valence-electron chi connectivity index (χ2n) is 14.6. The fourth-order valence-electron chi connectivity index (χ4n) is 8.50. The van der Waals surface area contributed by atoms with Crippen LogP contribution >= 0.6 is 0 Å². The van der Waals surface area contributed by atoms with Crippen molar-refractivity contribution in [1.82, 2.24) is 9.97 Å². The fraction of sp³-hybridized carbons (Fsp3) is 0.191. The number of rotatable bonds is 9. The van der Waals surface area contributed by atoms with Crippen molar-refractivity contribution in [2.24, 2.45) is 0 Å². The van der Waals surface area contributed by atoms with E-state index in [1.165, 1.54) is 49.0 Å². The van der Waals surface area contributed by atoms with E-state index >= 15 is 0 Å². The van der Waals surface area contributed by atoms with Crippen LogP contribution in [0.2, 0.25) is 0 Å². The summed E-state index contributed by atoms with van der Waals surface area (Å²) in [6.07, 6.45) is 10.5. The number of methoxy groups -OCH3 is 2. The number of hydrogen-bond acceptors (Lipinski definition) is 6. The molecule has 1 aliphatic carbocycles. The van der Waals surface area contributed by atoms with Gasteiger partial charge in [-0.1, -0.05) is 32.9 Å². The SMILES string of the molecule is CCc1cc(N(c2ccncc2)c2ccc(OC)cc2)c2cc3c4c(cc(N(c5ccncc5)c5ccc(OC)cc5)c5ccc1c2c54)CCC3(C)C. The van der Waals surface area contributed by atoms with Crippen LogP contribution in [0.5, 0.6) is 11.5 Å². The number of aromatic nitrogens is 2. The maximum Gasteiger partial charge on any atom is 0.119 e. The van der Waals surface area contributed by atoms with Gasteiger partial charge in [-0.25, -0.2) is 0 Å². The van der Waals surface area contributed by atoms with Crippen LogP contribution < -0.4 is 19.3 Å². The molecule has 2 heterocycles. The summed E-state index contributed by atoms with van der Waals surface area (Å²) in [5.74, 6) is 1.66. The Morgan fingerprint density at radius 3 is 1.60 bits per heavy atom. The largest absolute Gasteiger partial charge is 0.497 e. The Labute approximate surface area is 310 Å². The van der Waals surface area contributed by atoms with Crippen molar-refractivity contribution in [3.05, 3.63) is 145 Å². The minimum Gasteiger partial charge on any atom is -0.497 e. The molecule has 2 aromatic heterocycles. The van der Waals surface area contributed by atoms with Crippen LogP contribution in [0.15, 0.2) is 128 Å². The molecule has 0 N–H and O–H groups in total. The summed E-state index contributed by atoms with van der Waals surface area (Å²) < 4.78 is 11.1. The van der Waals surface area contributed by atoms with Gasteiger partial charge in [0.2, 0.25) is 0 Å². The second-order valence-corrected chi connectivity index (χ2v) is 14.6. The maximum absolute atomic E-state index is 5.58. The molecule has 8 aromatic rings. The highest BCUT2D eigenvalue weighted by atomic mass is 16.5. The highest BCUT2D eigenvalue weighted by Crippen LogP contribution is 2.54. The van der Waals surface area contributed by atoms with Gasteiger partial charge in [0.1, 0.15) is 11.5 Å². The van der Waals surface area contributed by atoms with Crippen molar-refractivity contribution in [3.8, 4) is 11.5 Å². The van der Waals surface area contributed by atoms with Crippen molar-refractivity contribution in [1.29, 1.82) is 0 Å². The van der Waals surface area contributed by atoms with E-state index in [4.69, 9.17) is 9.47 Å². The lowest BCUT2D eigenvalue weighted by Crippen LogP contribution is -2.24. The Hall–Kier alpha value is -6.14. The van der Waals surface area contributed by atoms with Crippen LogP contribution in [0.25, 0.3) is 32.3 Å². The molecule has 6 nitrogen and oxygen atoms in total. The molecule has 0 spiro atoms. The van der Waals surface area contributed by atoms with Crippen molar-refractivity contribution in [3.63, 3.8) is 0 Å². The normalized spacial score (nSPS) is 13.5. The molecule has 0 bridgehead atoms. The Morgan fingerprint density at radius 2 is 1.08 bits per heavy atom. The summed E-state index contributed by atoms with van der Waals surface area (Å²) in [6.45, 7) is 7.10. The summed E-state index contributed by atoms with van der Waals surface area (Å²) in [6, 6.07) is 37.2. The van der Waals surface area contributed by atoms with Gasteiger partial charge in [0.15, 0.2) is 0 Å². The second kappa shape index (κ2) is 12.8. The van der Waals surface area contributed by atoms with Crippen LogP contribution in [0.4, 0.5) is 34.1 Å². The third-order valence-corrected chi connectivity index (χ3v) is 11.2. The van der Waals surface area contributed by atoms with E-state index in [0.29, 0.717) is 0 Å². The lowest BCUT2D eigenvalue weighted by atomic mass is 9.70. The van der Waals surface area contributed by atoms with Crippen LogP contribution in [0.1, 0.15) is 43.9 Å². The number of hydrogen-bond donors (Lipinski definition) is 0. The molecule has 1 aliphatic rings. The summed E-state index contributed by atoms with van der Waals surface area (Å²) >= 11 is 0. The predicted molar refractivity (Wildman–Crippen MR) is 219 cm³/mol. The highest BCUT2D eigenvalue weighted by Gasteiger charge is 2.33. The minimum absolute atomic E-state index is 0.00954. The summed E-state index contributed by atoms with van der Waals surface area (Å²) in [4.78, 5) is 13.5. The Kier molecular flexibility index (Phi) is 7.92. The Morgan fingerprint density at radius 1 is 0.566 bits per heavy atom. The van der Waals surface area contributed by atoms with Gasteiger partial charge < -0.3 is 19.3 Å². The quantitative estimate of drug-likeness (QED) is 0.140. The van der Waals surface area contributed by atoms with Crippen molar-refractivity contribution in [2.45, 2.75) is 45.4 Å². The standard InChI is InChI=1S/C47H42N4O2/c1-6-30-27-43(51(35-20-25-49-26-21-35)33-9-13-37(53-5)14-10-33)40-29-41-44-31(17-22-47(41,2)3)28-42(39-16-15-38(30)45(40)46(39)44)50(34-18-23-48-24-19-34)32-7-11-36(52-4)12-8-32/h7-16,18-21,23-29H,6,17,22H2,1-5H3. The molecule has 9 rings (SSSR count). The van der Waals surface area contributed by atoms with Gasteiger partial charge in [0.05, 0.1) is 25.6 Å². The smallest absolute Gasteiger partial charge is 0.119 e. The predicted octanol–water partition coefficient (Wildman–Crippen LogP) is 12.1. The van der Waals surface area contributed by atoms with Gasteiger partial charge in [-0.2, -0.15) is 0 Å². The van der Waals surface area contributed by atoms with Gasteiger partial charge in [0, 0.05) is 63.7 Å². The van der Waals surface area contributed by atoms with Crippen LogP contribution in [0.3, 0.4) is 0 Å². The van der Waals surface area contributed by atoms with Gasteiger partial charge in [-0.05, 0) is 149 Å². The van der Waals surface area contributed by atoms with Crippen LogP contribution in [0, 0.1) is 0 Å². The third kappa shape index (κ3) is 5.31. The van der Waals surface area contributed by atoms with E-state index in [9.17, 15) is 0 Å². The van der Waals surface area contributed by atoms with Crippen LogP contribution in [-0.4, -0.2) is 24.2 Å². The van der Waals surface area contributed by atoms with E-state index in [2.05, 4.69) is 119 Å². The zero-order chi connectivity index (χ0) is 36.3. The monoisotopic (exact) mass is 694 g/mol. The van der Waals surface area contributed by atoms with Gasteiger partial charge in [0.25, 0.3) is 0 Å². The molecule has 0 amide bonds. The number of pyridine rings is 2. The summed E-state index contributed by atoms with van der Waals surface area (Å²) in [7, 11) is 3.42. The molecule has 6 heteroatoms. The average Bonchev–Trinajstić information content (AvgIpc) is 3.21. The molecular formula is C47H42N4O2. The highest BCUT2D eigenvalue weighted by molar-refractivity contribution is 6.30. The number of benzene rings is 6. The number of nitrogens with zero attached hydrogens (tertiary/aromatic N) is 4. The molecule has 0 saturated heterocycles. The lowest BCUT2D eigenvalue weighted by Gasteiger charge is -2.37. The molecule has 0 fully saturated rings. The molecule has 0 radical (unpaired) electrons. The zero-order valence-corrected chi connectivity index (χ0v) is 30.9.